The Bertz CT molecular complexity index is 656. The van der Waals surface area contributed by atoms with Crippen molar-refractivity contribution in [3.8, 4) is 0 Å². The van der Waals surface area contributed by atoms with E-state index < -0.39 is 17.7 Å². The molecular formula is C11H8FN3O3S. The van der Waals surface area contributed by atoms with E-state index in [1.165, 1.54) is 12.1 Å². The molecule has 0 aliphatic rings. The molecule has 1 amide bonds. The number of nitrogens with zero attached hydrogens (tertiary/aromatic N) is 2. The number of aromatic carboxylic acids is 1. The van der Waals surface area contributed by atoms with Crippen LogP contribution in [0.4, 0.5) is 10.1 Å². The monoisotopic (exact) mass is 281 g/mol. The van der Waals surface area contributed by atoms with Crippen LogP contribution in [-0.2, 0) is 0 Å². The van der Waals surface area contributed by atoms with E-state index in [1.54, 1.807) is 6.92 Å². The second-order valence-electron chi connectivity index (χ2n) is 3.61. The van der Waals surface area contributed by atoms with Crippen molar-refractivity contribution in [3.05, 3.63) is 40.2 Å². The van der Waals surface area contributed by atoms with Crippen molar-refractivity contribution >= 4 is 29.1 Å². The van der Waals surface area contributed by atoms with Gasteiger partial charge in [0.15, 0.2) is 0 Å². The van der Waals surface area contributed by atoms with Crippen LogP contribution in [0.25, 0.3) is 0 Å². The highest BCUT2D eigenvalue weighted by atomic mass is 32.1. The SMILES string of the molecule is Cc1nnsc1C(=O)Nc1c(F)cccc1C(=O)O. The number of halogens is 1. The van der Waals surface area contributed by atoms with Crippen LogP contribution in [0, 0.1) is 12.7 Å². The lowest BCUT2D eigenvalue weighted by molar-refractivity contribution is 0.0697. The molecule has 98 valence electrons. The highest BCUT2D eigenvalue weighted by Gasteiger charge is 2.19. The molecule has 2 N–H and O–H groups in total. The third-order valence-electron chi connectivity index (χ3n) is 2.34. The summed E-state index contributed by atoms with van der Waals surface area (Å²) in [7, 11) is 0. The zero-order valence-electron chi connectivity index (χ0n) is 9.68. The molecule has 8 heteroatoms. The number of nitrogens with one attached hydrogen (secondary N) is 1. The third-order valence-corrected chi connectivity index (χ3v) is 3.17. The fourth-order valence-corrected chi connectivity index (χ4v) is 1.99. The Morgan fingerprint density at radius 2 is 2.16 bits per heavy atom. The molecule has 0 unspecified atom stereocenters. The predicted molar refractivity (Wildman–Crippen MR) is 66.0 cm³/mol. The Kier molecular flexibility index (Phi) is 3.52. The van der Waals surface area contributed by atoms with Crippen LogP contribution in [0.3, 0.4) is 0 Å². The molecule has 0 atom stereocenters. The van der Waals surface area contributed by atoms with Crippen LogP contribution in [0.5, 0.6) is 0 Å². The first-order valence-electron chi connectivity index (χ1n) is 5.13. The molecule has 1 heterocycles. The summed E-state index contributed by atoms with van der Waals surface area (Å²) >= 11 is 0.854. The van der Waals surface area contributed by atoms with Crippen molar-refractivity contribution in [2.45, 2.75) is 6.92 Å². The summed E-state index contributed by atoms with van der Waals surface area (Å²) in [6, 6.07) is 3.53. The maximum absolute atomic E-state index is 13.6. The van der Waals surface area contributed by atoms with E-state index in [4.69, 9.17) is 5.11 Å². The number of amides is 1. The van der Waals surface area contributed by atoms with Gasteiger partial charge in [0.1, 0.15) is 10.7 Å². The minimum Gasteiger partial charge on any atom is -0.478 e. The van der Waals surface area contributed by atoms with E-state index >= 15 is 0 Å². The second-order valence-corrected chi connectivity index (χ2v) is 4.36. The fourth-order valence-electron chi connectivity index (χ4n) is 1.44. The molecule has 1 aromatic heterocycles. The molecule has 19 heavy (non-hydrogen) atoms. The largest absolute Gasteiger partial charge is 0.478 e. The van der Waals surface area contributed by atoms with Crippen LogP contribution < -0.4 is 5.32 Å². The van der Waals surface area contributed by atoms with Crippen molar-refractivity contribution in [3.63, 3.8) is 0 Å². The molecule has 2 rings (SSSR count). The van der Waals surface area contributed by atoms with Crippen molar-refractivity contribution in [1.29, 1.82) is 0 Å². The van der Waals surface area contributed by atoms with E-state index in [0.29, 0.717) is 5.69 Å². The summed E-state index contributed by atoms with van der Waals surface area (Å²) in [6.07, 6.45) is 0. The van der Waals surface area contributed by atoms with Crippen molar-refractivity contribution < 1.29 is 19.1 Å². The van der Waals surface area contributed by atoms with Crippen molar-refractivity contribution in [1.82, 2.24) is 9.59 Å². The van der Waals surface area contributed by atoms with E-state index in [-0.39, 0.29) is 16.1 Å². The molecule has 1 aromatic carbocycles. The van der Waals surface area contributed by atoms with Gasteiger partial charge < -0.3 is 10.4 Å². The van der Waals surface area contributed by atoms with Crippen LogP contribution in [0.2, 0.25) is 0 Å². The van der Waals surface area contributed by atoms with Gasteiger partial charge in [-0.3, -0.25) is 4.79 Å². The number of rotatable bonds is 3. The molecular weight excluding hydrogens is 273 g/mol. The molecule has 0 aliphatic carbocycles. The zero-order valence-corrected chi connectivity index (χ0v) is 10.5. The van der Waals surface area contributed by atoms with Gasteiger partial charge in [-0.1, -0.05) is 10.6 Å². The first-order chi connectivity index (χ1) is 9.00. The number of benzene rings is 1. The van der Waals surface area contributed by atoms with Gasteiger partial charge in [0.05, 0.1) is 16.9 Å². The highest BCUT2D eigenvalue weighted by Crippen LogP contribution is 2.21. The maximum Gasteiger partial charge on any atom is 0.337 e. The van der Waals surface area contributed by atoms with Gasteiger partial charge in [-0.25, -0.2) is 9.18 Å². The van der Waals surface area contributed by atoms with E-state index in [0.717, 1.165) is 17.6 Å². The number of carboxylic acids is 1. The molecule has 0 radical (unpaired) electrons. The zero-order chi connectivity index (χ0) is 14.0. The molecule has 0 spiro atoms. The average molecular weight is 281 g/mol. The smallest absolute Gasteiger partial charge is 0.337 e. The van der Waals surface area contributed by atoms with Gasteiger partial charge >= 0.3 is 5.97 Å². The minimum absolute atomic E-state index is 0.208. The Morgan fingerprint density at radius 1 is 1.42 bits per heavy atom. The van der Waals surface area contributed by atoms with Gasteiger partial charge in [0.2, 0.25) is 0 Å². The molecule has 6 nitrogen and oxygen atoms in total. The molecule has 0 saturated carbocycles. The van der Waals surface area contributed by atoms with Gasteiger partial charge in [-0.15, -0.1) is 5.10 Å². The second kappa shape index (κ2) is 5.11. The number of carbonyl (C=O) groups is 2. The predicted octanol–water partition coefficient (Wildman–Crippen LogP) is 1.94. The molecule has 0 bridgehead atoms. The lowest BCUT2D eigenvalue weighted by atomic mass is 10.1. The van der Waals surface area contributed by atoms with Crippen LogP contribution in [-0.4, -0.2) is 26.6 Å². The number of aryl methyl sites for hydroxylation is 1. The molecule has 0 fully saturated rings. The minimum atomic E-state index is -1.33. The summed E-state index contributed by atoms with van der Waals surface area (Å²) in [6.45, 7) is 1.58. The Morgan fingerprint density at radius 3 is 2.74 bits per heavy atom. The van der Waals surface area contributed by atoms with E-state index in [9.17, 15) is 14.0 Å². The summed E-state index contributed by atoms with van der Waals surface area (Å²) in [5.74, 6) is -2.78. The van der Waals surface area contributed by atoms with Crippen LogP contribution >= 0.6 is 11.5 Å². The quantitative estimate of drug-likeness (QED) is 0.896. The van der Waals surface area contributed by atoms with E-state index in [1.807, 2.05) is 0 Å². The molecule has 0 saturated heterocycles. The Labute approximate surface area is 111 Å². The van der Waals surface area contributed by atoms with Crippen molar-refractivity contribution in [2.24, 2.45) is 0 Å². The van der Waals surface area contributed by atoms with Crippen molar-refractivity contribution in [2.75, 3.05) is 5.32 Å². The number of aromatic nitrogens is 2. The molecule has 2 aromatic rings. The van der Waals surface area contributed by atoms with Gasteiger partial charge in [-0.05, 0) is 30.6 Å². The summed E-state index contributed by atoms with van der Waals surface area (Å²) in [4.78, 5) is 23.1. The van der Waals surface area contributed by atoms with Crippen LogP contribution in [0.1, 0.15) is 25.7 Å². The Hall–Kier alpha value is -2.35. The fraction of sp³-hybridized carbons (Fsp3) is 0.0909. The van der Waals surface area contributed by atoms with E-state index in [2.05, 4.69) is 14.9 Å². The number of carbonyl (C=O) groups excluding carboxylic acids is 1. The molecule has 0 aliphatic heterocycles. The number of anilines is 1. The summed E-state index contributed by atoms with van der Waals surface area (Å²) < 4.78 is 17.2. The van der Waals surface area contributed by atoms with Gasteiger partial charge in [0.25, 0.3) is 5.91 Å². The van der Waals surface area contributed by atoms with Crippen LogP contribution in [0.15, 0.2) is 18.2 Å². The average Bonchev–Trinajstić information content (AvgIpc) is 2.77. The first-order valence-corrected chi connectivity index (χ1v) is 5.90. The lowest BCUT2D eigenvalue weighted by Crippen LogP contribution is -2.16. The summed E-state index contributed by atoms with van der Waals surface area (Å²) in [5, 5.41) is 14.8. The number of hydrogen-bond donors (Lipinski definition) is 2. The first kappa shape index (κ1) is 13.1. The Balaban J connectivity index is 2.36. The normalized spacial score (nSPS) is 10.2. The summed E-state index contributed by atoms with van der Waals surface area (Å²) in [5.41, 5.74) is -0.285. The lowest BCUT2D eigenvalue weighted by Gasteiger charge is -2.08. The highest BCUT2D eigenvalue weighted by molar-refractivity contribution is 7.08. The number of carboxylic acid groups (broad SMARTS) is 1. The number of hydrogen-bond acceptors (Lipinski definition) is 5. The topological polar surface area (TPSA) is 92.2 Å². The maximum atomic E-state index is 13.6. The van der Waals surface area contributed by atoms with Gasteiger partial charge in [0, 0.05) is 0 Å². The van der Waals surface area contributed by atoms with Gasteiger partial charge in [-0.2, -0.15) is 0 Å². The number of para-hydroxylation sites is 1. The standard InChI is InChI=1S/C11H8FN3O3S/c1-5-9(19-15-14-5)10(16)13-8-6(11(17)18)3-2-4-7(8)12/h2-4H,1H3,(H,13,16)(H,17,18). The third kappa shape index (κ3) is 2.58.